The molecule has 0 amide bonds. The maximum Gasteiger partial charge on any atom is 0.0713 e. The zero-order chi connectivity index (χ0) is 42.2. The lowest BCUT2D eigenvalue weighted by Gasteiger charge is -2.34. The smallest absolute Gasteiger partial charge is 0.0713 e. The summed E-state index contributed by atoms with van der Waals surface area (Å²) in [5.74, 6) is 0. The number of para-hydroxylation sites is 2. The lowest BCUT2D eigenvalue weighted by Crippen LogP contribution is -2.28. The predicted octanol–water partition coefficient (Wildman–Crippen LogP) is 16.7. The van der Waals surface area contributed by atoms with E-state index in [1.54, 1.807) is 0 Å². The Labute approximate surface area is 376 Å². The minimum atomic E-state index is -0.453. The second-order valence-corrected chi connectivity index (χ2v) is 17.9. The molecule has 1 aliphatic rings. The summed E-state index contributed by atoms with van der Waals surface area (Å²) in [6.45, 7) is 0. The SMILES string of the molecule is c1ccc(C2(c3ccccc3)c3ccccc3-c3cc(N(c4ccc(-c5ccc(-n6c7ccccc7c7ccccc76)cc5)cc4)c4ccc5sc6ccccc6c5c4)ccc32)cc1. The molecule has 0 saturated carbocycles. The molecule has 0 unspecified atom stereocenters. The van der Waals surface area contributed by atoms with E-state index in [1.165, 1.54) is 86.5 Å². The van der Waals surface area contributed by atoms with Gasteiger partial charge in [0.25, 0.3) is 0 Å². The van der Waals surface area contributed by atoms with E-state index in [1.807, 2.05) is 11.3 Å². The van der Waals surface area contributed by atoms with Gasteiger partial charge >= 0.3 is 0 Å². The van der Waals surface area contributed by atoms with Gasteiger partial charge in [0.15, 0.2) is 0 Å². The van der Waals surface area contributed by atoms with Crippen molar-refractivity contribution in [2.24, 2.45) is 0 Å². The van der Waals surface area contributed by atoms with Gasteiger partial charge in [0.1, 0.15) is 0 Å². The first-order valence-corrected chi connectivity index (χ1v) is 22.8. The zero-order valence-corrected chi connectivity index (χ0v) is 35.7. The van der Waals surface area contributed by atoms with Crippen LogP contribution in [0.3, 0.4) is 0 Å². The van der Waals surface area contributed by atoms with Gasteiger partial charge in [-0.25, -0.2) is 0 Å². The van der Waals surface area contributed by atoms with Gasteiger partial charge in [-0.1, -0.05) is 170 Å². The lowest BCUT2D eigenvalue weighted by atomic mass is 9.68. The molecule has 0 atom stereocenters. The predicted molar refractivity (Wildman–Crippen MR) is 271 cm³/mol. The fourth-order valence-corrected chi connectivity index (χ4v) is 11.8. The standard InChI is InChI=1S/C61H40N2S/c1-3-15-43(16-4-1)61(44-17-5-2-6-18-44)55-23-11-7-19-49(55)53-39-47(35-37-56(53)61)62(48-36-38-60-54(40-48)52-22-10-14-26-59(52)64-60)45-31-27-41(28-32-45)42-29-33-46(34-30-42)63-57-24-12-8-20-50(57)51-21-9-13-25-58(51)63/h1-40H. The molecule has 3 heteroatoms. The van der Waals surface area contributed by atoms with Gasteiger partial charge in [-0.3, -0.25) is 0 Å². The molecule has 300 valence electrons. The fraction of sp³-hybridized carbons (Fsp3) is 0.0164. The number of thiophene rings is 1. The van der Waals surface area contributed by atoms with Gasteiger partial charge in [0.2, 0.25) is 0 Å². The average Bonchev–Trinajstić information content (AvgIpc) is 4.01. The van der Waals surface area contributed by atoms with Crippen molar-refractivity contribution in [1.29, 1.82) is 0 Å². The Morgan fingerprint density at radius 3 is 1.53 bits per heavy atom. The van der Waals surface area contributed by atoms with Crippen LogP contribution in [0.25, 0.3) is 69.9 Å². The summed E-state index contributed by atoms with van der Waals surface area (Å²) in [7, 11) is 0. The van der Waals surface area contributed by atoms with E-state index in [2.05, 4.69) is 252 Å². The molecule has 10 aromatic carbocycles. The third-order valence-electron chi connectivity index (χ3n) is 13.5. The van der Waals surface area contributed by atoms with Crippen molar-refractivity contribution in [3.63, 3.8) is 0 Å². The highest BCUT2D eigenvalue weighted by atomic mass is 32.1. The topological polar surface area (TPSA) is 8.17 Å². The van der Waals surface area contributed by atoms with Crippen molar-refractivity contribution in [3.05, 3.63) is 265 Å². The molecule has 0 saturated heterocycles. The maximum absolute atomic E-state index is 2.44. The molecule has 0 spiro atoms. The van der Waals surface area contributed by atoms with Crippen LogP contribution >= 0.6 is 11.3 Å². The van der Waals surface area contributed by atoms with Gasteiger partial charge in [0.05, 0.1) is 16.4 Å². The van der Waals surface area contributed by atoms with Crippen LogP contribution in [0.4, 0.5) is 17.1 Å². The molecule has 2 aromatic heterocycles. The van der Waals surface area contributed by atoms with Crippen molar-refractivity contribution in [1.82, 2.24) is 4.57 Å². The fourth-order valence-electron chi connectivity index (χ4n) is 10.7. The van der Waals surface area contributed by atoms with Crippen LogP contribution in [0.2, 0.25) is 0 Å². The molecule has 12 aromatic rings. The van der Waals surface area contributed by atoms with E-state index in [4.69, 9.17) is 0 Å². The first-order valence-electron chi connectivity index (χ1n) is 22.0. The van der Waals surface area contributed by atoms with Crippen LogP contribution in [0.15, 0.2) is 243 Å². The summed E-state index contributed by atoms with van der Waals surface area (Å²) >= 11 is 1.86. The van der Waals surface area contributed by atoms with E-state index in [9.17, 15) is 0 Å². The quantitative estimate of drug-likeness (QED) is 0.155. The van der Waals surface area contributed by atoms with Crippen LogP contribution < -0.4 is 4.90 Å². The summed E-state index contributed by atoms with van der Waals surface area (Å²) in [6, 6.07) is 89.5. The van der Waals surface area contributed by atoms with E-state index in [0.717, 1.165) is 22.7 Å². The van der Waals surface area contributed by atoms with Gasteiger partial charge in [-0.15, -0.1) is 11.3 Å². The van der Waals surface area contributed by atoms with Crippen LogP contribution in [0.5, 0.6) is 0 Å². The van der Waals surface area contributed by atoms with Gasteiger partial charge < -0.3 is 9.47 Å². The van der Waals surface area contributed by atoms with Crippen molar-refractivity contribution in [2.45, 2.75) is 5.41 Å². The number of nitrogens with zero attached hydrogens (tertiary/aromatic N) is 2. The van der Waals surface area contributed by atoms with Crippen LogP contribution in [0.1, 0.15) is 22.3 Å². The molecule has 0 bridgehead atoms. The Balaban J connectivity index is 0.949. The molecule has 0 N–H and O–H groups in total. The largest absolute Gasteiger partial charge is 0.310 e. The normalized spacial score (nSPS) is 12.8. The second kappa shape index (κ2) is 14.6. The van der Waals surface area contributed by atoms with Crippen molar-refractivity contribution >= 4 is 70.4 Å². The molecule has 64 heavy (non-hydrogen) atoms. The van der Waals surface area contributed by atoms with Gasteiger partial charge in [-0.05, 0) is 117 Å². The van der Waals surface area contributed by atoms with E-state index in [0.29, 0.717) is 0 Å². The average molecular weight is 833 g/mol. The Morgan fingerprint density at radius 2 is 0.844 bits per heavy atom. The lowest BCUT2D eigenvalue weighted by molar-refractivity contribution is 0.768. The van der Waals surface area contributed by atoms with E-state index >= 15 is 0 Å². The van der Waals surface area contributed by atoms with Crippen molar-refractivity contribution in [2.75, 3.05) is 4.90 Å². The molecule has 13 rings (SSSR count). The number of hydrogen-bond donors (Lipinski definition) is 0. The van der Waals surface area contributed by atoms with Crippen molar-refractivity contribution < 1.29 is 0 Å². The summed E-state index contributed by atoms with van der Waals surface area (Å²) in [6.07, 6.45) is 0. The zero-order valence-electron chi connectivity index (χ0n) is 34.9. The Morgan fingerprint density at radius 1 is 0.344 bits per heavy atom. The molecule has 0 aliphatic heterocycles. The number of benzene rings is 10. The number of anilines is 3. The third kappa shape index (κ3) is 5.51. The number of aromatic nitrogens is 1. The highest BCUT2D eigenvalue weighted by Gasteiger charge is 2.46. The number of rotatable bonds is 7. The molecule has 2 nitrogen and oxygen atoms in total. The summed E-state index contributed by atoms with van der Waals surface area (Å²) in [4.78, 5) is 2.44. The van der Waals surface area contributed by atoms with E-state index in [-0.39, 0.29) is 0 Å². The monoisotopic (exact) mass is 832 g/mol. The molecule has 2 heterocycles. The van der Waals surface area contributed by atoms with Crippen LogP contribution in [-0.2, 0) is 5.41 Å². The summed E-state index contributed by atoms with van der Waals surface area (Å²) < 4.78 is 4.98. The minimum absolute atomic E-state index is 0.453. The summed E-state index contributed by atoms with van der Waals surface area (Å²) in [5, 5.41) is 5.12. The molecular formula is C61H40N2S. The van der Waals surface area contributed by atoms with Gasteiger partial charge in [0, 0.05) is 53.7 Å². The minimum Gasteiger partial charge on any atom is -0.310 e. The van der Waals surface area contributed by atoms with Crippen LogP contribution in [-0.4, -0.2) is 4.57 Å². The first kappa shape index (κ1) is 36.7. The highest BCUT2D eigenvalue weighted by molar-refractivity contribution is 7.25. The highest BCUT2D eigenvalue weighted by Crippen LogP contribution is 2.57. The molecule has 1 aliphatic carbocycles. The van der Waals surface area contributed by atoms with Crippen molar-refractivity contribution in [3.8, 4) is 27.9 Å². The van der Waals surface area contributed by atoms with Crippen LogP contribution in [0, 0.1) is 0 Å². The Bertz CT molecular complexity index is 3620. The molecular weight excluding hydrogens is 793 g/mol. The maximum atomic E-state index is 2.44. The molecule has 0 radical (unpaired) electrons. The second-order valence-electron chi connectivity index (χ2n) is 16.8. The summed E-state index contributed by atoms with van der Waals surface area (Å²) in [5.41, 5.74) is 16.5. The molecule has 0 fully saturated rings. The number of fused-ring (bicyclic) bond motifs is 9. The number of hydrogen-bond acceptors (Lipinski definition) is 2. The van der Waals surface area contributed by atoms with Gasteiger partial charge in [-0.2, -0.15) is 0 Å². The third-order valence-corrected chi connectivity index (χ3v) is 14.6. The Hall–Kier alpha value is -7.98. The first-order chi connectivity index (χ1) is 31.7. The van der Waals surface area contributed by atoms with E-state index < -0.39 is 5.41 Å². The Kier molecular flexibility index (Phi) is 8.34.